The summed E-state index contributed by atoms with van der Waals surface area (Å²) >= 11 is 0. The first-order valence-electron chi connectivity index (χ1n) is 6.90. The molecule has 0 aliphatic heterocycles. The van der Waals surface area contributed by atoms with E-state index in [4.69, 9.17) is 10.5 Å². The molecule has 4 heteroatoms. The van der Waals surface area contributed by atoms with Crippen molar-refractivity contribution in [3.05, 3.63) is 29.6 Å². The molecule has 0 bridgehead atoms. The maximum absolute atomic E-state index is 14.1. The second-order valence-electron chi connectivity index (χ2n) is 4.69. The molecule has 1 rings (SSSR count). The number of methoxy groups -OCH3 is 1. The fraction of sp³-hybridized carbons (Fsp3) is 0.600. The van der Waals surface area contributed by atoms with Crippen LogP contribution in [0.1, 0.15) is 25.8 Å². The minimum Gasteiger partial charge on any atom is -0.383 e. The van der Waals surface area contributed by atoms with E-state index < -0.39 is 0 Å². The number of benzene rings is 1. The average molecular weight is 268 g/mol. The van der Waals surface area contributed by atoms with Crippen LogP contribution in [0.4, 0.5) is 10.1 Å². The number of hydrogen-bond donors (Lipinski definition) is 1. The van der Waals surface area contributed by atoms with Crippen LogP contribution in [0, 0.1) is 5.82 Å². The lowest BCUT2D eigenvalue weighted by molar-refractivity contribution is 0.205. The molecule has 3 nitrogen and oxygen atoms in total. The molecule has 0 aliphatic rings. The summed E-state index contributed by atoms with van der Waals surface area (Å²) < 4.78 is 19.2. The van der Waals surface area contributed by atoms with Crippen LogP contribution < -0.4 is 10.6 Å². The Hall–Kier alpha value is -1.13. The standard InChI is InChI=1S/C15H25FN2O/c1-4-13(17)11-12-7-6-8-14(16)15(12)18(5-2)9-10-19-3/h6-8,13H,4-5,9-11,17H2,1-3H3. The highest BCUT2D eigenvalue weighted by Gasteiger charge is 2.16. The number of hydrogen-bond acceptors (Lipinski definition) is 3. The van der Waals surface area contributed by atoms with Crippen LogP contribution in [0.25, 0.3) is 0 Å². The zero-order chi connectivity index (χ0) is 14.3. The lowest BCUT2D eigenvalue weighted by atomic mass is 10.0. The summed E-state index contributed by atoms with van der Waals surface area (Å²) in [5, 5.41) is 0. The van der Waals surface area contributed by atoms with E-state index in [2.05, 4.69) is 0 Å². The van der Waals surface area contributed by atoms with Crippen LogP contribution in [0.2, 0.25) is 0 Å². The average Bonchev–Trinajstić information content (AvgIpc) is 2.41. The largest absolute Gasteiger partial charge is 0.383 e. The van der Waals surface area contributed by atoms with Gasteiger partial charge in [-0.15, -0.1) is 0 Å². The van der Waals surface area contributed by atoms with Crippen LogP contribution in [0.5, 0.6) is 0 Å². The van der Waals surface area contributed by atoms with Crippen molar-refractivity contribution in [1.29, 1.82) is 0 Å². The fourth-order valence-corrected chi connectivity index (χ4v) is 2.14. The molecule has 0 saturated heterocycles. The van der Waals surface area contributed by atoms with E-state index in [9.17, 15) is 4.39 Å². The molecule has 0 saturated carbocycles. The molecule has 1 atom stereocenters. The van der Waals surface area contributed by atoms with E-state index in [1.54, 1.807) is 13.2 Å². The monoisotopic (exact) mass is 268 g/mol. The first kappa shape index (κ1) is 15.9. The molecule has 0 fully saturated rings. The van der Waals surface area contributed by atoms with E-state index in [1.807, 2.05) is 24.8 Å². The van der Waals surface area contributed by atoms with Crippen LogP contribution in [-0.2, 0) is 11.2 Å². The highest BCUT2D eigenvalue weighted by atomic mass is 19.1. The highest BCUT2D eigenvalue weighted by Crippen LogP contribution is 2.25. The molecule has 0 amide bonds. The Morgan fingerprint density at radius 3 is 2.68 bits per heavy atom. The molecule has 19 heavy (non-hydrogen) atoms. The Balaban J connectivity index is 3.00. The van der Waals surface area contributed by atoms with Gasteiger partial charge in [0.2, 0.25) is 0 Å². The minimum absolute atomic E-state index is 0.0710. The topological polar surface area (TPSA) is 38.5 Å². The third kappa shape index (κ3) is 4.48. The summed E-state index contributed by atoms with van der Waals surface area (Å²) in [6.45, 7) is 6.08. The number of likely N-dealkylation sites (N-methyl/N-ethyl adjacent to an activating group) is 1. The molecule has 1 unspecified atom stereocenters. The smallest absolute Gasteiger partial charge is 0.146 e. The van der Waals surface area contributed by atoms with Gasteiger partial charge in [-0.1, -0.05) is 19.1 Å². The number of ether oxygens (including phenoxy) is 1. The molecule has 0 aromatic heterocycles. The molecule has 0 spiro atoms. The van der Waals surface area contributed by atoms with Crippen molar-refractivity contribution >= 4 is 5.69 Å². The predicted molar refractivity (Wildman–Crippen MR) is 78.1 cm³/mol. The Bertz CT molecular complexity index is 384. The first-order chi connectivity index (χ1) is 9.13. The molecule has 1 aromatic rings. The van der Waals surface area contributed by atoms with E-state index in [0.717, 1.165) is 18.5 Å². The summed E-state index contributed by atoms with van der Waals surface area (Å²) in [6, 6.07) is 5.29. The predicted octanol–water partition coefficient (Wildman–Crippen LogP) is 2.58. The van der Waals surface area contributed by atoms with Crippen molar-refractivity contribution in [1.82, 2.24) is 0 Å². The van der Waals surface area contributed by atoms with Gasteiger partial charge in [0.15, 0.2) is 0 Å². The number of halogens is 1. The summed E-state index contributed by atoms with van der Waals surface area (Å²) in [6.07, 6.45) is 1.59. The molecule has 2 N–H and O–H groups in total. The van der Waals surface area contributed by atoms with Gasteiger partial charge in [0.25, 0.3) is 0 Å². The lowest BCUT2D eigenvalue weighted by Crippen LogP contribution is -2.30. The molecule has 0 radical (unpaired) electrons. The van der Waals surface area contributed by atoms with Gasteiger partial charge in [-0.3, -0.25) is 0 Å². The molecular formula is C15H25FN2O. The Morgan fingerprint density at radius 1 is 1.37 bits per heavy atom. The molecule has 0 heterocycles. The van der Waals surface area contributed by atoms with Gasteiger partial charge in [-0.25, -0.2) is 4.39 Å². The van der Waals surface area contributed by atoms with E-state index in [-0.39, 0.29) is 11.9 Å². The molecule has 1 aromatic carbocycles. The van der Waals surface area contributed by atoms with Crippen molar-refractivity contribution in [2.75, 3.05) is 31.7 Å². The second kappa shape index (κ2) is 8.12. The first-order valence-corrected chi connectivity index (χ1v) is 6.90. The van der Waals surface area contributed by atoms with Crippen LogP contribution >= 0.6 is 0 Å². The van der Waals surface area contributed by atoms with Crippen LogP contribution in [-0.4, -0.2) is 32.8 Å². The summed E-state index contributed by atoms with van der Waals surface area (Å²) in [7, 11) is 1.66. The van der Waals surface area contributed by atoms with Gasteiger partial charge >= 0.3 is 0 Å². The van der Waals surface area contributed by atoms with Crippen LogP contribution in [0.3, 0.4) is 0 Å². The van der Waals surface area contributed by atoms with Gasteiger partial charge in [0, 0.05) is 26.2 Å². The quantitative estimate of drug-likeness (QED) is 0.787. The lowest BCUT2D eigenvalue weighted by Gasteiger charge is -2.26. The van der Waals surface area contributed by atoms with Gasteiger partial charge in [-0.2, -0.15) is 0 Å². The maximum atomic E-state index is 14.1. The zero-order valence-electron chi connectivity index (χ0n) is 12.2. The van der Waals surface area contributed by atoms with Gasteiger partial charge in [0.05, 0.1) is 12.3 Å². The van der Waals surface area contributed by atoms with Crippen molar-refractivity contribution < 1.29 is 9.13 Å². The molecule has 108 valence electrons. The maximum Gasteiger partial charge on any atom is 0.146 e. The van der Waals surface area contributed by atoms with Crippen molar-refractivity contribution in [3.8, 4) is 0 Å². The Morgan fingerprint density at radius 2 is 2.11 bits per heavy atom. The summed E-state index contributed by atoms with van der Waals surface area (Å²) in [5.74, 6) is -0.182. The van der Waals surface area contributed by atoms with E-state index >= 15 is 0 Å². The van der Waals surface area contributed by atoms with Gasteiger partial charge in [-0.05, 0) is 31.4 Å². The minimum atomic E-state index is -0.182. The Kier molecular flexibility index (Phi) is 6.81. The highest BCUT2D eigenvalue weighted by molar-refractivity contribution is 5.55. The number of para-hydroxylation sites is 1. The number of anilines is 1. The van der Waals surface area contributed by atoms with E-state index in [1.165, 1.54) is 6.07 Å². The molecule has 0 aliphatic carbocycles. The third-order valence-electron chi connectivity index (χ3n) is 3.34. The van der Waals surface area contributed by atoms with Gasteiger partial charge < -0.3 is 15.4 Å². The zero-order valence-corrected chi connectivity index (χ0v) is 12.2. The van der Waals surface area contributed by atoms with Crippen molar-refractivity contribution in [3.63, 3.8) is 0 Å². The van der Waals surface area contributed by atoms with Crippen molar-refractivity contribution in [2.45, 2.75) is 32.7 Å². The van der Waals surface area contributed by atoms with Crippen molar-refractivity contribution in [2.24, 2.45) is 5.73 Å². The normalized spacial score (nSPS) is 12.5. The Labute approximate surface area is 115 Å². The fourth-order valence-electron chi connectivity index (χ4n) is 2.14. The summed E-state index contributed by atoms with van der Waals surface area (Å²) in [4.78, 5) is 2.01. The SMILES string of the molecule is CCC(N)Cc1cccc(F)c1N(CC)CCOC. The van der Waals surface area contributed by atoms with E-state index in [0.29, 0.717) is 25.3 Å². The number of nitrogens with two attached hydrogens (primary N) is 1. The summed E-state index contributed by atoms with van der Waals surface area (Å²) in [5.41, 5.74) is 7.65. The van der Waals surface area contributed by atoms with Gasteiger partial charge in [0.1, 0.15) is 5.82 Å². The number of nitrogens with zero attached hydrogens (tertiary/aromatic N) is 1. The third-order valence-corrected chi connectivity index (χ3v) is 3.34. The number of rotatable bonds is 8. The molecular weight excluding hydrogens is 243 g/mol. The second-order valence-corrected chi connectivity index (χ2v) is 4.69. The van der Waals surface area contributed by atoms with Crippen LogP contribution in [0.15, 0.2) is 18.2 Å².